The van der Waals surface area contributed by atoms with Crippen LogP contribution < -0.4 is 5.32 Å². The second-order valence-electron chi connectivity index (χ2n) is 5.42. The highest BCUT2D eigenvalue weighted by molar-refractivity contribution is 7.11. The number of amides is 1. The first-order chi connectivity index (χ1) is 11.5. The van der Waals surface area contributed by atoms with Crippen molar-refractivity contribution in [2.75, 3.05) is 0 Å². The lowest BCUT2D eigenvalue weighted by molar-refractivity contribution is 0.0951. The van der Waals surface area contributed by atoms with E-state index in [2.05, 4.69) is 15.4 Å². The summed E-state index contributed by atoms with van der Waals surface area (Å²) in [6.07, 6.45) is 1.77. The van der Waals surface area contributed by atoms with Crippen LogP contribution in [-0.4, -0.2) is 20.7 Å². The lowest BCUT2D eigenvalue weighted by Gasteiger charge is -2.05. The Bertz CT molecular complexity index is 857. The molecule has 2 aromatic heterocycles. The fraction of sp³-hybridized carbons (Fsp3) is 0.235. The smallest absolute Gasteiger partial charge is 0.256 e. The van der Waals surface area contributed by atoms with Crippen molar-refractivity contribution in [1.29, 1.82) is 0 Å². The van der Waals surface area contributed by atoms with E-state index in [1.807, 2.05) is 37.3 Å². The Morgan fingerprint density at radius 3 is 2.71 bits per heavy atom. The molecule has 0 fully saturated rings. The summed E-state index contributed by atoms with van der Waals surface area (Å²) < 4.78 is 1.65. The van der Waals surface area contributed by atoms with Gasteiger partial charge in [-0.1, -0.05) is 41.9 Å². The van der Waals surface area contributed by atoms with E-state index < -0.39 is 0 Å². The van der Waals surface area contributed by atoms with Crippen LogP contribution in [-0.2, 0) is 13.1 Å². The Balaban J connectivity index is 1.74. The number of benzene rings is 1. The van der Waals surface area contributed by atoms with E-state index in [0.29, 0.717) is 29.5 Å². The minimum atomic E-state index is -0.220. The minimum absolute atomic E-state index is 0.220. The third-order valence-corrected chi connectivity index (χ3v) is 4.86. The molecule has 1 amide bonds. The van der Waals surface area contributed by atoms with Crippen molar-refractivity contribution in [3.05, 3.63) is 68.4 Å². The van der Waals surface area contributed by atoms with Gasteiger partial charge in [-0.25, -0.2) is 9.67 Å². The van der Waals surface area contributed by atoms with Gasteiger partial charge in [0.15, 0.2) is 0 Å². The van der Waals surface area contributed by atoms with Crippen LogP contribution in [0, 0.1) is 13.8 Å². The van der Waals surface area contributed by atoms with Crippen molar-refractivity contribution in [2.24, 2.45) is 0 Å². The van der Waals surface area contributed by atoms with Crippen molar-refractivity contribution in [3.8, 4) is 0 Å². The SMILES string of the molecule is Cc1ncc(CNC(=O)c2c(C)nn(Cc3ccccc3)c2Cl)s1. The average Bonchev–Trinajstić information content (AvgIpc) is 3.10. The zero-order valence-electron chi connectivity index (χ0n) is 13.4. The lowest BCUT2D eigenvalue weighted by Crippen LogP contribution is -2.23. The second kappa shape index (κ2) is 7.15. The standard InChI is InChI=1S/C17H17ClN4OS/c1-11-15(17(23)20-9-14-8-19-12(2)24-14)16(18)22(21-11)10-13-6-4-3-5-7-13/h3-8H,9-10H2,1-2H3,(H,20,23). The highest BCUT2D eigenvalue weighted by Crippen LogP contribution is 2.21. The largest absolute Gasteiger partial charge is 0.347 e. The van der Waals surface area contributed by atoms with Crippen LogP contribution in [0.2, 0.25) is 5.15 Å². The zero-order valence-corrected chi connectivity index (χ0v) is 15.0. The first-order valence-corrected chi connectivity index (χ1v) is 8.70. The highest BCUT2D eigenvalue weighted by atomic mass is 35.5. The molecule has 0 radical (unpaired) electrons. The summed E-state index contributed by atoms with van der Waals surface area (Å²) in [7, 11) is 0. The molecule has 5 nitrogen and oxygen atoms in total. The molecule has 3 aromatic rings. The molecule has 0 aliphatic heterocycles. The Labute approximate surface area is 149 Å². The molecule has 24 heavy (non-hydrogen) atoms. The van der Waals surface area contributed by atoms with Crippen LogP contribution in [0.1, 0.15) is 31.5 Å². The number of nitrogens with zero attached hydrogens (tertiary/aromatic N) is 3. The molecule has 0 saturated carbocycles. The van der Waals surface area contributed by atoms with Gasteiger partial charge in [0.25, 0.3) is 5.91 Å². The van der Waals surface area contributed by atoms with E-state index in [1.54, 1.807) is 29.1 Å². The second-order valence-corrected chi connectivity index (χ2v) is 7.10. The zero-order chi connectivity index (χ0) is 17.1. The van der Waals surface area contributed by atoms with E-state index >= 15 is 0 Å². The predicted molar refractivity (Wildman–Crippen MR) is 95.5 cm³/mol. The van der Waals surface area contributed by atoms with Gasteiger partial charge in [-0.15, -0.1) is 11.3 Å². The van der Waals surface area contributed by atoms with Gasteiger partial charge in [-0.2, -0.15) is 5.10 Å². The molecule has 3 rings (SSSR count). The van der Waals surface area contributed by atoms with Gasteiger partial charge in [-0.05, 0) is 19.4 Å². The molecule has 1 aromatic carbocycles. The number of carbonyl (C=O) groups is 1. The number of carbonyl (C=O) groups excluding carboxylic acids is 1. The Morgan fingerprint density at radius 1 is 1.29 bits per heavy atom. The van der Waals surface area contributed by atoms with E-state index in [1.165, 1.54) is 0 Å². The predicted octanol–water partition coefficient (Wildman–Crippen LogP) is 3.59. The molecule has 0 bridgehead atoms. The Hall–Kier alpha value is -2.18. The maximum atomic E-state index is 12.5. The number of rotatable bonds is 5. The normalized spacial score (nSPS) is 10.8. The quantitative estimate of drug-likeness (QED) is 0.756. The lowest BCUT2D eigenvalue weighted by atomic mass is 10.2. The minimum Gasteiger partial charge on any atom is -0.347 e. The number of hydrogen-bond acceptors (Lipinski definition) is 4. The van der Waals surface area contributed by atoms with Crippen molar-refractivity contribution >= 4 is 28.8 Å². The molecule has 0 saturated heterocycles. The summed E-state index contributed by atoms with van der Waals surface area (Å²) in [5.74, 6) is -0.220. The van der Waals surface area contributed by atoms with E-state index in [-0.39, 0.29) is 5.91 Å². The number of hydrogen-bond donors (Lipinski definition) is 1. The third-order valence-electron chi connectivity index (χ3n) is 3.56. The molecule has 0 atom stereocenters. The van der Waals surface area contributed by atoms with Crippen molar-refractivity contribution < 1.29 is 4.79 Å². The van der Waals surface area contributed by atoms with Crippen LogP contribution in [0.25, 0.3) is 0 Å². The van der Waals surface area contributed by atoms with Crippen LogP contribution in [0.3, 0.4) is 0 Å². The van der Waals surface area contributed by atoms with Crippen LogP contribution in [0.15, 0.2) is 36.5 Å². The maximum absolute atomic E-state index is 12.5. The van der Waals surface area contributed by atoms with Crippen molar-refractivity contribution in [2.45, 2.75) is 26.9 Å². The van der Waals surface area contributed by atoms with Gasteiger partial charge in [0.1, 0.15) is 5.15 Å². The van der Waals surface area contributed by atoms with E-state index in [9.17, 15) is 4.79 Å². The number of halogens is 1. The molecule has 124 valence electrons. The molecule has 0 aliphatic rings. The highest BCUT2D eigenvalue weighted by Gasteiger charge is 2.20. The van der Waals surface area contributed by atoms with Gasteiger partial charge in [0.05, 0.1) is 29.4 Å². The van der Waals surface area contributed by atoms with Crippen LogP contribution >= 0.6 is 22.9 Å². The molecular weight excluding hydrogens is 344 g/mol. The topological polar surface area (TPSA) is 59.8 Å². The summed E-state index contributed by atoms with van der Waals surface area (Å²) in [6, 6.07) is 9.88. The molecule has 0 aliphatic carbocycles. The molecule has 1 N–H and O–H groups in total. The molecule has 0 unspecified atom stereocenters. The van der Waals surface area contributed by atoms with Crippen LogP contribution in [0.5, 0.6) is 0 Å². The monoisotopic (exact) mass is 360 g/mol. The maximum Gasteiger partial charge on any atom is 0.256 e. The summed E-state index contributed by atoms with van der Waals surface area (Å²) in [6.45, 7) is 4.69. The first kappa shape index (κ1) is 16.7. The average molecular weight is 361 g/mol. The van der Waals surface area contributed by atoms with E-state index in [4.69, 9.17) is 11.6 Å². The number of aryl methyl sites for hydroxylation is 2. The van der Waals surface area contributed by atoms with Crippen LogP contribution in [0.4, 0.5) is 0 Å². The first-order valence-electron chi connectivity index (χ1n) is 7.51. The number of thiazole rings is 1. The summed E-state index contributed by atoms with van der Waals surface area (Å²) in [5, 5.41) is 8.61. The van der Waals surface area contributed by atoms with Gasteiger partial charge in [-0.3, -0.25) is 4.79 Å². The molecule has 0 spiro atoms. The fourth-order valence-electron chi connectivity index (χ4n) is 2.42. The van der Waals surface area contributed by atoms with Crippen molar-refractivity contribution in [1.82, 2.24) is 20.1 Å². The van der Waals surface area contributed by atoms with Gasteiger partial charge < -0.3 is 5.32 Å². The number of nitrogens with one attached hydrogen (secondary N) is 1. The molecule has 2 heterocycles. The van der Waals surface area contributed by atoms with E-state index in [0.717, 1.165) is 15.4 Å². The molecular formula is C17H17ClN4OS. The number of aromatic nitrogens is 3. The van der Waals surface area contributed by atoms with Crippen molar-refractivity contribution in [3.63, 3.8) is 0 Å². The molecule has 7 heteroatoms. The fourth-order valence-corrected chi connectivity index (χ4v) is 3.47. The van der Waals surface area contributed by atoms with Gasteiger partial charge >= 0.3 is 0 Å². The Morgan fingerprint density at radius 2 is 2.04 bits per heavy atom. The Kier molecular flexibility index (Phi) is 4.97. The summed E-state index contributed by atoms with van der Waals surface area (Å²) in [5.41, 5.74) is 2.12. The third kappa shape index (κ3) is 3.66. The van der Waals surface area contributed by atoms with Gasteiger partial charge in [0.2, 0.25) is 0 Å². The van der Waals surface area contributed by atoms with Gasteiger partial charge in [0, 0.05) is 11.1 Å². The summed E-state index contributed by atoms with van der Waals surface area (Å²) in [4.78, 5) is 17.7. The summed E-state index contributed by atoms with van der Waals surface area (Å²) >= 11 is 7.95.